The maximum Gasteiger partial charge on any atom is 0.259 e. The summed E-state index contributed by atoms with van der Waals surface area (Å²) in [5.41, 5.74) is 1.28. The molecule has 1 amide bonds. The summed E-state index contributed by atoms with van der Waals surface area (Å²) in [5, 5.41) is 4.05. The van der Waals surface area contributed by atoms with Crippen molar-refractivity contribution in [3.63, 3.8) is 0 Å². The van der Waals surface area contributed by atoms with Crippen molar-refractivity contribution in [2.24, 2.45) is 0 Å². The van der Waals surface area contributed by atoms with Crippen molar-refractivity contribution in [3.8, 4) is 17.0 Å². The number of rotatable bonds is 6. The summed E-state index contributed by atoms with van der Waals surface area (Å²) in [6.07, 6.45) is 0. The predicted molar refractivity (Wildman–Crippen MR) is 105 cm³/mol. The number of ether oxygens (including phenoxy) is 1. The molecule has 7 heteroatoms. The molecule has 1 heterocycles. The molecule has 5 nitrogen and oxygen atoms in total. The number of nitrogens with zero attached hydrogens (tertiary/aromatic N) is 2. The van der Waals surface area contributed by atoms with Crippen LogP contribution in [0.5, 0.6) is 5.75 Å². The molecule has 3 rings (SSSR count). The van der Waals surface area contributed by atoms with Crippen molar-refractivity contribution in [1.29, 1.82) is 0 Å². The van der Waals surface area contributed by atoms with E-state index in [0.29, 0.717) is 18.9 Å². The van der Waals surface area contributed by atoms with Gasteiger partial charge >= 0.3 is 0 Å². The Bertz CT molecular complexity index is 966. The van der Waals surface area contributed by atoms with Crippen LogP contribution in [0.3, 0.4) is 0 Å². The minimum Gasteiger partial charge on any atom is -0.494 e. The standard InChI is InChI=1S/C21H20ClFN2O3/c1-4-27-15-10-8-14(9-11-15)12-25(3)21(26)18-13(2)28-24-20(18)19-16(22)6-5-7-17(19)23/h5-11H,4,12H2,1-3H3. The Morgan fingerprint density at radius 1 is 1.25 bits per heavy atom. The Morgan fingerprint density at radius 3 is 2.61 bits per heavy atom. The number of aromatic nitrogens is 1. The number of hydrogen-bond donors (Lipinski definition) is 0. The average molecular weight is 403 g/mol. The SMILES string of the molecule is CCOc1ccc(CN(C)C(=O)c2c(-c3c(F)cccc3Cl)noc2C)cc1. The molecule has 3 aromatic rings. The highest BCUT2D eigenvalue weighted by molar-refractivity contribution is 6.33. The highest BCUT2D eigenvalue weighted by atomic mass is 35.5. The van der Waals surface area contributed by atoms with Crippen LogP contribution in [0.25, 0.3) is 11.3 Å². The van der Waals surface area contributed by atoms with Crippen molar-refractivity contribution in [2.75, 3.05) is 13.7 Å². The second-order valence-electron chi connectivity index (χ2n) is 6.30. The Labute approximate surface area is 167 Å². The zero-order valence-corrected chi connectivity index (χ0v) is 16.6. The van der Waals surface area contributed by atoms with Gasteiger partial charge in [-0.05, 0) is 43.7 Å². The van der Waals surface area contributed by atoms with Crippen LogP contribution < -0.4 is 4.74 Å². The van der Waals surface area contributed by atoms with Crippen LogP contribution in [0, 0.1) is 12.7 Å². The molecule has 0 spiro atoms. The molecule has 0 aliphatic rings. The highest BCUT2D eigenvalue weighted by Gasteiger charge is 2.27. The van der Waals surface area contributed by atoms with Gasteiger partial charge in [-0.25, -0.2) is 4.39 Å². The molecule has 28 heavy (non-hydrogen) atoms. The predicted octanol–water partition coefficient (Wildman–Crippen LogP) is 5.11. The molecule has 0 radical (unpaired) electrons. The first kappa shape index (κ1) is 19.9. The van der Waals surface area contributed by atoms with Gasteiger partial charge in [0.05, 0.1) is 17.2 Å². The van der Waals surface area contributed by atoms with Crippen LogP contribution in [-0.4, -0.2) is 29.6 Å². The van der Waals surface area contributed by atoms with Gasteiger partial charge in [0, 0.05) is 13.6 Å². The monoisotopic (exact) mass is 402 g/mol. The van der Waals surface area contributed by atoms with E-state index in [2.05, 4.69) is 5.16 Å². The van der Waals surface area contributed by atoms with E-state index in [1.165, 1.54) is 17.0 Å². The molecule has 146 valence electrons. The minimum atomic E-state index is -0.566. The Balaban J connectivity index is 1.87. The van der Waals surface area contributed by atoms with Crippen molar-refractivity contribution < 1.29 is 18.4 Å². The second kappa shape index (κ2) is 8.44. The maximum absolute atomic E-state index is 14.3. The molecule has 0 atom stereocenters. The molecule has 0 aliphatic carbocycles. The van der Waals surface area contributed by atoms with Gasteiger partial charge < -0.3 is 14.2 Å². The molecule has 0 unspecified atom stereocenters. The fourth-order valence-electron chi connectivity index (χ4n) is 2.91. The third-order valence-electron chi connectivity index (χ3n) is 4.28. The summed E-state index contributed by atoms with van der Waals surface area (Å²) >= 11 is 6.14. The first-order chi connectivity index (χ1) is 13.4. The van der Waals surface area contributed by atoms with E-state index in [9.17, 15) is 9.18 Å². The van der Waals surface area contributed by atoms with Crippen molar-refractivity contribution in [1.82, 2.24) is 10.1 Å². The second-order valence-corrected chi connectivity index (χ2v) is 6.70. The fraction of sp³-hybridized carbons (Fsp3) is 0.238. The van der Waals surface area contributed by atoms with E-state index < -0.39 is 5.82 Å². The summed E-state index contributed by atoms with van der Waals surface area (Å²) in [7, 11) is 1.66. The number of aryl methyl sites for hydroxylation is 1. The summed E-state index contributed by atoms with van der Waals surface area (Å²) in [4.78, 5) is 14.6. The van der Waals surface area contributed by atoms with Gasteiger partial charge in [-0.3, -0.25) is 4.79 Å². The summed E-state index contributed by atoms with van der Waals surface area (Å²) < 4.78 is 24.9. The topological polar surface area (TPSA) is 55.6 Å². The van der Waals surface area contributed by atoms with Gasteiger partial charge in [-0.1, -0.05) is 35.0 Å². The quantitative estimate of drug-likeness (QED) is 0.574. The number of carbonyl (C=O) groups excluding carboxylic acids is 1. The van der Waals surface area contributed by atoms with Crippen molar-refractivity contribution in [3.05, 3.63) is 70.2 Å². The molecule has 1 aromatic heterocycles. The van der Waals surface area contributed by atoms with E-state index in [-0.39, 0.29) is 27.8 Å². The van der Waals surface area contributed by atoms with Crippen LogP contribution in [-0.2, 0) is 6.54 Å². The molecule has 0 saturated carbocycles. The van der Waals surface area contributed by atoms with E-state index in [0.717, 1.165) is 11.3 Å². The molecule has 0 N–H and O–H groups in total. The number of amides is 1. The lowest BCUT2D eigenvalue weighted by Crippen LogP contribution is -2.27. The van der Waals surface area contributed by atoms with Crippen LogP contribution >= 0.6 is 11.6 Å². The molecular formula is C21H20ClFN2O3. The molecule has 0 saturated heterocycles. The van der Waals surface area contributed by atoms with Crippen molar-refractivity contribution >= 4 is 17.5 Å². The number of hydrogen-bond acceptors (Lipinski definition) is 4. The number of halogens is 2. The van der Waals surface area contributed by atoms with Crippen LogP contribution in [0.15, 0.2) is 47.0 Å². The van der Waals surface area contributed by atoms with Gasteiger partial charge in [-0.15, -0.1) is 0 Å². The molecule has 2 aromatic carbocycles. The van der Waals surface area contributed by atoms with E-state index in [4.69, 9.17) is 20.9 Å². The van der Waals surface area contributed by atoms with Gasteiger partial charge in [0.2, 0.25) is 0 Å². The first-order valence-corrected chi connectivity index (χ1v) is 9.18. The number of benzene rings is 2. The lowest BCUT2D eigenvalue weighted by atomic mass is 10.0. The molecule has 0 bridgehead atoms. The van der Waals surface area contributed by atoms with E-state index in [1.807, 2.05) is 31.2 Å². The largest absolute Gasteiger partial charge is 0.494 e. The zero-order chi connectivity index (χ0) is 20.3. The first-order valence-electron chi connectivity index (χ1n) is 8.80. The smallest absolute Gasteiger partial charge is 0.259 e. The fourth-order valence-corrected chi connectivity index (χ4v) is 3.17. The van der Waals surface area contributed by atoms with E-state index >= 15 is 0 Å². The third-order valence-corrected chi connectivity index (χ3v) is 4.59. The van der Waals surface area contributed by atoms with Gasteiger partial charge in [-0.2, -0.15) is 0 Å². The number of carbonyl (C=O) groups is 1. The molecular weight excluding hydrogens is 383 g/mol. The molecule has 0 aliphatic heterocycles. The summed E-state index contributed by atoms with van der Waals surface area (Å²) in [6, 6.07) is 11.8. The minimum absolute atomic E-state index is 0.0545. The Kier molecular flexibility index (Phi) is 5.99. The normalized spacial score (nSPS) is 10.8. The average Bonchev–Trinajstić information content (AvgIpc) is 3.04. The van der Waals surface area contributed by atoms with Gasteiger partial charge in [0.25, 0.3) is 5.91 Å². The van der Waals surface area contributed by atoms with E-state index in [1.54, 1.807) is 20.0 Å². The highest BCUT2D eigenvalue weighted by Crippen LogP contribution is 2.34. The van der Waals surface area contributed by atoms with Crippen LogP contribution in [0.2, 0.25) is 5.02 Å². The van der Waals surface area contributed by atoms with Crippen LogP contribution in [0.4, 0.5) is 4.39 Å². The third kappa shape index (κ3) is 4.02. The Hall–Kier alpha value is -2.86. The van der Waals surface area contributed by atoms with Gasteiger partial charge in [0.1, 0.15) is 28.6 Å². The summed E-state index contributed by atoms with van der Waals surface area (Å²) in [6.45, 7) is 4.48. The maximum atomic E-state index is 14.3. The molecule has 0 fully saturated rings. The Morgan fingerprint density at radius 2 is 1.96 bits per heavy atom. The van der Waals surface area contributed by atoms with Crippen LogP contribution in [0.1, 0.15) is 28.6 Å². The lowest BCUT2D eigenvalue weighted by molar-refractivity contribution is 0.0784. The zero-order valence-electron chi connectivity index (χ0n) is 15.8. The lowest BCUT2D eigenvalue weighted by Gasteiger charge is -2.18. The van der Waals surface area contributed by atoms with Crippen molar-refractivity contribution in [2.45, 2.75) is 20.4 Å². The summed E-state index contributed by atoms with van der Waals surface area (Å²) in [5.74, 6) is 0.176. The van der Waals surface area contributed by atoms with Gasteiger partial charge in [0.15, 0.2) is 0 Å².